The molecule has 498 valence electrons. The molecule has 0 spiro atoms. The first kappa shape index (κ1) is 71.0. The number of aromatic amines is 2. The first-order valence-electron chi connectivity index (χ1n) is 30.4. The van der Waals surface area contributed by atoms with Gasteiger partial charge in [-0.2, -0.15) is 0 Å². The quantitative estimate of drug-likeness (QED) is 0.00908. The summed E-state index contributed by atoms with van der Waals surface area (Å²) in [5.74, 6) is -7.79. The number of fused-ring (bicyclic) bond motifs is 2. The van der Waals surface area contributed by atoms with Gasteiger partial charge >= 0.3 is 11.7 Å². The molecule has 3 aromatic heterocycles. The number of benzene rings is 3. The van der Waals surface area contributed by atoms with Crippen LogP contribution in [0, 0.1) is 11.3 Å². The number of carboxylic acid groups (broad SMARTS) is 1. The predicted molar refractivity (Wildman–Crippen MR) is 349 cm³/mol. The van der Waals surface area contributed by atoms with Crippen LogP contribution in [0.25, 0.3) is 44.3 Å². The number of anilines is 1. The maximum Gasteiger partial charge on any atom is 0.326 e. The average molecular weight is 1300 g/mol. The number of nitrogens with two attached hydrogens (primary N) is 1. The molecule has 0 saturated carbocycles. The number of nitrogens with one attached hydrogen (secondary N) is 11. The number of piperidine rings is 1. The number of likely N-dealkylation sites (tertiary alicyclic amines) is 1. The molecule has 30 heteroatoms. The number of guanidine groups is 1. The summed E-state index contributed by atoms with van der Waals surface area (Å²) in [4.78, 5) is 140. The molecule has 3 aromatic carbocycles. The highest BCUT2D eigenvalue weighted by atomic mass is 32.1. The van der Waals surface area contributed by atoms with Crippen LogP contribution < -0.4 is 59.5 Å². The first-order chi connectivity index (χ1) is 44.4. The van der Waals surface area contributed by atoms with Crippen LogP contribution in [0.4, 0.5) is 5.69 Å². The minimum absolute atomic E-state index is 0.0351. The fourth-order valence-electron chi connectivity index (χ4n) is 10.5. The number of rotatable bonds is 33. The Labute approximate surface area is 540 Å². The zero-order chi connectivity index (χ0) is 67.4. The van der Waals surface area contributed by atoms with Gasteiger partial charge in [0.05, 0.1) is 54.1 Å². The molecule has 15 N–H and O–H groups in total. The number of amides is 7. The maximum atomic E-state index is 13.9. The monoisotopic (exact) mass is 1300 g/mol. The molecule has 7 amide bonds. The van der Waals surface area contributed by atoms with Crippen LogP contribution in [0.3, 0.4) is 0 Å². The lowest BCUT2D eigenvalue weighted by molar-refractivity contribution is -0.142. The van der Waals surface area contributed by atoms with Gasteiger partial charge in [0, 0.05) is 75.1 Å². The first-order valence-corrected chi connectivity index (χ1v) is 30.9. The maximum absolute atomic E-state index is 13.9. The van der Waals surface area contributed by atoms with E-state index in [1.54, 1.807) is 48.9 Å². The van der Waals surface area contributed by atoms with Crippen molar-refractivity contribution in [3.05, 3.63) is 118 Å². The number of hydrogen-bond donors (Lipinski definition) is 15. The Kier molecular flexibility index (Phi) is 25.7. The zero-order valence-corrected chi connectivity index (χ0v) is 53.0. The third kappa shape index (κ3) is 20.3. The molecule has 1 aliphatic heterocycles. The largest absolute Gasteiger partial charge is 0.480 e. The minimum Gasteiger partial charge on any atom is -0.480 e. The highest BCUT2D eigenvalue weighted by molar-refractivity contribution is 7.82. The number of ether oxygens (including phenoxy) is 2. The number of H-pyrrole nitrogens is 2. The van der Waals surface area contributed by atoms with E-state index in [9.17, 15) is 53.1 Å². The molecule has 0 aliphatic carbocycles. The van der Waals surface area contributed by atoms with Gasteiger partial charge in [0.1, 0.15) is 30.8 Å². The van der Waals surface area contributed by atoms with Gasteiger partial charge in [0.25, 0.3) is 11.5 Å². The summed E-state index contributed by atoms with van der Waals surface area (Å²) in [7, 11) is 0. The molecule has 1 fully saturated rings. The van der Waals surface area contributed by atoms with E-state index in [2.05, 4.69) is 94.3 Å². The van der Waals surface area contributed by atoms with Gasteiger partial charge in [0.15, 0.2) is 10.8 Å². The molecule has 0 radical (unpaired) electrons. The molecule has 29 nitrogen and oxygen atoms in total. The summed E-state index contributed by atoms with van der Waals surface area (Å²) in [6.07, 6.45) is 2.42. The molecule has 0 unspecified atom stereocenters. The third-order valence-corrected chi connectivity index (χ3v) is 16.0. The second-order valence-corrected chi connectivity index (χ2v) is 23.6. The summed E-state index contributed by atoms with van der Waals surface area (Å²) >= 11 is 4.46. The number of pyridine rings is 2. The van der Waals surface area contributed by atoms with Crippen molar-refractivity contribution in [2.75, 3.05) is 64.5 Å². The highest BCUT2D eigenvalue weighted by Gasteiger charge is 2.39. The number of aliphatic hydroxyl groups excluding tert-OH is 1. The van der Waals surface area contributed by atoms with Gasteiger partial charge in [-0.15, -0.1) is 12.6 Å². The minimum atomic E-state index is -2.04. The Morgan fingerprint density at radius 1 is 0.817 bits per heavy atom. The van der Waals surface area contributed by atoms with Crippen LogP contribution >= 0.6 is 12.6 Å². The van der Waals surface area contributed by atoms with Crippen molar-refractivity contribution in [3.63, 3.8) is 0 Å². The fourth-order valence-corrected chi connectivity index (χ4v) is 10.9. The summed E-state index contributed by atoms with van der Waals surface area (Å²) in [6, 6.07) is 21.3. The van der Waals surface area contributed by atoms with Gasteiger partial charge in [0.2, 0.25) is 35.4 Å². The van der Waals surface area contributed by atoms with Gasteiger partial charge in [-0.3, -0.25) is 58.0 Å². The van der Waals surface area contributed by atoms with Gasteiger partial charge < -0.3 is 77.9 Å². The Bertz CT molecular complexity index is 3760. The van der Waals surface area contributed by atoms with Crippen molar-refractivity contribution >= 4 is 93.5 Å². The number of thiol groups is 1. The molecule has 0 bridgehead atoms. The lowest BCUT2D eigenvalue weighted by atomic mass is 9.97. The Morgan fingerprint density at radius 2 is 1.53 bits per heavy atom. The van der Waals surface area contributed by atoms with Crippen molar-refractivity contribution in [1.82, 2.24) is 61.6 Å². The number of carbonyl (C=O) groups excluding carboxylic acids is 7. The molecule has 93 heavy (non-hydrogen) atoms. The van der Waals surface area contributed by atoms with Crippen molar-refractivity contribution < 1.29 is 58.0 Å². The van der Waals surface area contributed by atoms with Gasteiger partial charge in [-0.25, -0.2) is 9.78 Å². The van der Waals surface area contributed by atoms with Crippen LogP contribution in [-0.2, 0) is 54.4 Å². The second-order valence-electron chi connectivity index (χ2n) is 22.9. The van der Waals surface area contributed by atoms with E-state index in [1.165, 1.54) is 6.92 Å². The van der Waals surface area contributed by atoms with E-state index in [4.69, 9.17) is 30.7 Å². The number of aromatic nitrogens is 4. The third-order valence-electron chi connectivity index (χ3n) is 15.4. The van der Waals surface area contributed by atoms with Crippen molar-refractivity contribution in [2.45, 2.75) is 108 Å². The second kappa shape index (κ2) is 33.7. The van der Waals surface area contributed by atoms with E-state index in [0.717, 1.165) is 67.3 Å². The molecule has 6 aromatic rings. The van der Waals surface area contributed by atoms with Crippen LogP contribution in [0.15, 0.2) is 101 Å². The smallest absolute Gasteiger partial charge is 0.326 e. The van der Waals surface area contributed by atoms with Crippen LogP contribution in [0.5, 0.6) is 0 Å². The molecule has 5 atom stereocenters. The average Bonchev–Trinajstić information content (AvgIpc) is 1.77. The summed E-state index contributed by atoms with van der Waals surface area (Å²) < 4.78 is 12.9. The van der Waals surface area contributed by atoms with E-state index in [0.29, 0.717) is 27.6 Å². The number of hydrogen-bond acceptors (Lipinski definition) is 17. The van der Waals surface area contributed by atoms with Crippen molar-refractivity contribution in [1.29, 1.82) is 5.41 Å². The standard InChI is InChI=1S/C63H81N15O14S/c1-36(2)53(58(86)72-49(34-79)57(85)69-37(3)59(87)88)75-56(84)48(11-8-23-68-61(64)65)73-60(89)63(93,76-38(4)80)22-18-51(81)66-25-28-91-29-30-92-35-52(82)70-42-16-17-47-50(31-42)78(62(90)74-47)43-20-26-77(27-21-43)33-39-12-14-41(15-13-39)54-44(40-9-6-5-7-10-40)32-45-46(71-54)19-24-67-55(45)83/h5-7,9-10,12-17,19,24,31-32,36-37,43,48-49,53,79,93H,8,11,18,20-23,25-30,33-35H2,1-4H3,(H,66,81)(H,67,83)(H,69,85)(H,70,82)(H,72,86)(H,73,89)(H,74,90)(H,75,84)(H,76,80)(H,87,88)(H4,64,65,68)/t37-,48-,49-,53-,63+/m0/s1. The summed E-state index contributed by atoms with van der Waals surface area (Å²) in [5.41, 5.74) is 12.0. The number of nitrogens with zero attached hydrogens (tertiary/aromatic N) is 3. The fraction of sp³-hybridized carbons (Fsp3) is 0.429. The predicted octanol–water partition coefficient (Wildman–Crippen LogP) is 1.32. The van der Waals surface area contributed by atoms with Crippen LogP contribution in [-0.4, -0.2) is 176 Å². The molecule has 1 saturated heterocycles. The van der Waals surface area contributed by atoms with Gasteiger partial charge in [-0.1, -0.05) is 68.4 Å². The lowest BCUT2D eigenvalue weighted by Gasteiger charge is -2.32. The van der Waals surface area contributed by atoms with Crippen molar-refractivity contribution in [2.24, 2.45) is 11.7 Å². The van der Waals surface area contributed by atoms with E-state index in [1.807, 2.05) is 36.4 Å². The normalized spacial score (nSPS) is 14.6. The molecule has 4 heterocycles. The SMILES string of the molecule is CC(=O)N[C@@](S)(CCC(=O)NCCOCCOCC(=O)Nc1ccc2[nH]c(=O)n(C3CCN(Cc4ccc(-c5nc6cc[nH]c(=O)c6cc5-c5ccccc5)cc4)CC3)c2c1)C(=O)N[C@@H](CCCNC(=N)N)C(=O)N[C@H](C(=O)N[C@@H](CO)C(=O)N[C@@H](C)C(=O)O)C(C)C. The van der Waals surface area contributed by atoms with Crippen molar-refractivity contribution in [3.8, 4) is 22.4 Å². The summed E-state index contributed by atoms with van der Waals surface area (Å²) in [5, 5.41) is 47.0. The van der Waals surface area contributed by atoms with Crippen LogP contribution in [0.1, 0.15) is 77.8 Å². The Hall–Kier alpha value is -9.49. The Balaban J connectivity index is 0.827. The zero-order valence-electron chi connectivity index (χ0n) is 52.1. The number of aliphatic carboxylic acids is 1. The molecular formula is C63H81N15O14S. The van der Waals surface area contributed by atoms with E-state index < -0.39 is 88.9 Å². The highest BCUT2D eigenvalue weighted by Crippen LogP contribution is 2.34. The number of aliphatic hydroxyl groups is 1. The number of carboxylic acids is 1. The molecule has 7 rings (SSSR count). The molecular weight excluding hydrogens is 1220 g/mol. The summed E-state index contributed by atoms with van der Waals surface area (Å²) in [6.45, 7) is 6.75. The topological polar surface area (TPSA) is 428 Å². The van der Waals surface area contributed by atoms with E-state index >= 15 is 0 Å². The number of imidazole rings is 1. The van der Waals surface area contributed by atoms with E-state index in [-0.39, 0.29) is 88.5 Å². The molecule has 1 aliphatic rings. The number of carbonyl (C=O) groups is 8. The van der Waals surface area contributed by atoms with Crippen LogP contribution in [0.2, 0.25) is 0 Å². The lowest BCUT2D eigenvalue weighted by Crippen LogP contribution is -2.62. The van der Waals surface area contributed by atoms with Gasteiger partial charge in [-0.05, 0) is 86.4 Å². The Morgan fingerprint density at radius 3 is 2.20 bits per heavy atom.